The van der Waals surface area contributed by atoms with Gasteiger partial charge in [0.1, 0.15) is 23.8 Å². The number of morpholine rings is 1. The minimum absolute atomic E-state index is 0.305. The Kier molecular flexibility index (Phi) is 11.5. The smallest absolute Gasteiger partial charge is 0.352 e. The highest BCUT2D eigenvalue weighted by atomic mass is 32.1. The van der Waals surface area contributed by atoms with Crippen LogP contribution in [-0.2, 0) is 31.4 Å². The second-order valence-corrected chi connectivity index (χ2v) is 15.2. The molecule has 12 heteroatoms. The van der Waals surface area contributed by atoms with Crippen LogP contribution in [0, 0.1) is 6.92 Å². The molecule has 11 nitrogen and oxygen atoms in total. The van der Waals surface area contributed by atoms with Crippen molar-refractivity contribution in [1.82, 2.24) is 23.6 Å². The van der Waals surface area contributed by atoms with E-state index in [0.29, 0.717) is 58.1 Å². The Labute approximate surface area is 333 Å². The highest BCUT2D eigenvalue weighted by Gasteiger charge is 2.27. The molecule has 6 aromatic rings. The number of aromatic carboxylic acids is 1. The zero-order valence-corrected chi connectivity index (χ0v) is 33.1. The Balaban J connectivity index is 1.10. The van der Waals surface area contributed by atoms with Crippen molar-refractivity contribution in [2.75, 3.05) is 70.5 Å². The third kappa shape index (κ3) is 7.97. The molecule has 2 aliphatic heterocycles. The minimum Gasteiger partial charge on any atom is -0.493 e. The molecular weight excluding hydrogens is 725 g/mol. The molecular formula is C44H50N6O5S. The number of carboxylic acid groups (broad SMARTS) is 1. The first kappa shape index (κ1) is 37.9. The SMILES string of the molecule is Cc1nn(C)c(COc2ccc(N3CCN(S)CC3)cc2)c1-c1cccc2c(CCCOc3cccc4ccccc34)c(C(=O)O)n(CCN3CCOCC3)c12. The molecule has 8 rings (SSSR count). The van der Waals surface area contributed by atoms with E-state index in [1.165, 1.54) is 5.69 Å². The molecule has 292 valence electrons. The number of hydrogen-bond donors (Lipinski definition) is 2. The Morgan fingerprint density at radius 3 is 2.38 bits per heavy atom. The number of carboxylic acids is 1. The van der Waals surface area contributed by atoms with Gasteiger partial charge in [0.25, 0.3) is 0 Å². The van der Waals surface area contributed by atoms with E-state index in [-0.39, 0.29) is 0 Å². The fourth-order valence-corrected chi connectivity index (χ4v) is 8.48. The van der Waals surface area contributed by atoms with Gasteiger partial charge in [-0.05, 0) is 61.0 Å². The summed E-state index contributed by atoms with van der Waals surface area (Å²) in [4.78, 5) is 18.0. The first-order valence-corrected chi connectivity index (χ1v) is 20.0. The third-order valence-electron chi connectivity index (χ3n) is 11.2. The highest BCUT2D eigenvalue weighted by Crippen LogP contribution is 2.39. The summed E-state index contributed by atoms with van der Waals surface area (Å²) >= 11 is 4.49. The van der Waals surface area contributed by atoms with E-state index < -0.39 is 5.97 Å². The van der Waals surface area contributed by atoms with Gasteiger partial charge in [0.05, 0.1) is 36.7 Å². The van der Waals surface area contributed by atoms with Gasteiger partial charge in [-0.1, -0.05) is 67.4 Å². The number of aryl methyl sites for hydroxylation is 3. The number of ether oxygens (including phenoxy) is 3. The molecule has 0 spiro atoms. The molecule has 0 saturated carbocycles. The predicted molar refractivity (Wildman–Crippen MR) is 224 cm³/mol. The molecule has 56 heavy (non-hydrogen) atoms. The molecule has 4 heterocycles. The standard InChI is InChI=1S/C44H50N6O5S/c1-31-41(39(46(2)45-31)30-55-34-17-15-33(16-18-34)48-20-22-49(56)23-21-48)38-12-6-11-36-37(13-7-27-54-40-14-5-9-32-8-3-4-10-35(32)40)43(44(51)52)50(42(36)38)24-19-47-25-28-53-29-26-47/h3-6,8-12,14-18,56H,7,13,19-30H2,1-2H3,(H,51,52). The van der Waals surface area contributed by atoms with E-state index in [0.717, 1.165) is 101 Å². The number of benzene rings is 4. The molecule has 2 aromatic heterocycles. The van der Waals surface area contributed by atoms with Crippen LogP contribution in [0.2, 0.25) is 0 Å². The average Bonchev–Trinajstić information content (AvgIpc) is 3.70. The van der Waals surface area contributed by atoms with E-state index in [2.05, 4.69) is 69.4 Å². The first-order chi connectivity index (χ1) is 27.4. The maximum Gasteiger partial charge on any atom is 0.352 e. The number of rotatable bonds is 14. The van der Waals surface area contributed by atoms with Gasteiger partial charge in [0.2, 0.25) is 0 Å². The van der Waals surface area contributed by atoms with Gasteiger partial charge in [-0.15, -0.1) is 0 Å². The topological polar surface area (TPSA) is 97.5 Å². The molecule has 1 N–H and O–H groups in total. The molecule has 0 atom stereocenters. The monoisotopic (exact) mass is 774 g/mol. The van der Waals surface area contributed by atoms with E-state index >= 15 is 0 Å². The maximum atomic E-state index is 13.3. The fraction of sp³-hybridized carbons (Fsp3) is 0.364. The average molecular weight is 775 g/mol. The van der Waals surface area contributed by atoms with Crippen LogP contribution in [0.1, 0.15) is 33.9 Å². The largest absolute Gasteiger partial charge is 0.493 e. The lowest BCUT2D eigenvalue weighted by Crippen LogP contribution is -2.42. The number of nitrogens with zero attached hydrogens (tertiary/aromatic N) is 6. The Hall–Kier alpha value is -5.01. The van der Waals surface area contributed by atoms with E-state index in [1.54, 1.807) is 0 Å². The van der Waals surface area contributed by atoms with Gasteiger partial charge in [-0.25, -0.2) is 9.10 Å². The van der Waals surface area contributed by atoms with Gasteiger partial charge in [0, 0.05) is 87.0 Å². The van der Waals surface area contributed by atoms with Crippen LogP contribution >= 0.6 is 12.8 Å². The first-order valence-electron chi connectivity index (χ1n) is 19.6. The van der Waals surface area contributed by atoms with Gasteiger partial charge in [0.15, 0.2) is 0 Å². The van der Waals surface area contributed by atoms with Crippen molar-refractivity contribution < 1.29 is 24.1 Å². The Morgan fingerprint density at radius 1 is 0.857 bits per heavy atom. The third-order valence-corrected chi connectivity index (χ3v) is 11.6. The normalized spacial score (nSPS) is 15.5. The van der Waals surface area contributed by atoms with Crippen LogP contribution in [0.3, 0.4) is 0 Å². The van der Waals surface area contributed by atoms with Crippen molar-refractivity contribution in [3.63, 3.8) is 0 Å². The fourth-order valence-electron chi connectivity index (χ4n) is 8.30. The Bertz CT molecular complexity index is 2300. The summed E-state index contributed by atoms with van der Waals surface area (Å²) in [6.45, 7) is 10.7. The molecule has 2 fully saturated rings. The van der Waals surface area contributed by atoms with Crippen LogP contribution in [0.4, 0.5) is 5.69 Å². The zero-order chi connectivity index (χ0) is 38.6. The van der Waals surface area contributed by atoms with Crippen LogP contribution in [0.5, 0.6) is 11.5 Å². The number of para-hydroxylation sites is 1. The number of fused-ring (bicyclic) bond motifs is 2. The minimum atomic E-state index is -0.929. The number of hydrogen-bond acceptors (Lipinski definition) is 9. The lowest BCUT2D eigenvalue weighted by Gasteiger charge is -2.33. The van der Waals surface area contributed by atoms with Gasteiger partial charge in [-0.3, -0.25) is 9.58 Å². The van der Waals surface area contributed by atoms with Crippen molar-refractivity contribution in [1.29, 1.82) is 0 Å². The lowest BCUT2D eigenvalue weighted by atomic mass is 9.98. The summed E-state index contributed by atoms with van der Waals surface area (Å²) in [5, 5.41) is 18.9. The molecule has 4 aromatic carbocycles. The molecule has 0 aliphatic carbocycles. The molecule has 0 bridgehead atoms. The van der Waals surface area contributed by atoms with E-state index in [9.17, 15) is 9.90 Å². The second kappa shape index (κ2) is 17.0. The van der Waals surface area contributed by atoms with Crippen molar-refractivity contribution >= 4 is 46.1 Å². The maximum absolute atomic E-state index is 13.3. The number of piperazine rings is 1. The number of thiol groups is 1. The van der Waals surface area contributed by atoms with Crippen molar-refractivity contribution in [3.05, 3.63) is 108 Å². The van der Waals surface area contributed by atoms with E-state index in [4.69, 9.17) is 19.3 Å². The van der Waals surface area contributed by atoms with Crippen LogP contribution in [0.15, 0.2) is 84.9 Å². The van der Waals surface area contributed by atoms with E-state index in [1.807, 2.05) is 65.7 Å². The van der Waals surface area contributed by atoms with Crippen molar-refractivity contribution in [2.24, 2.45) is 7.05 Å². The van der Waals surface area contributed by atoms with Gasteiger partial charge >= 0.3 is 5.97 Å². The lowest BCUT2D eigenvalue weighted by molar-refractivity contribution is 0.0362. The Morgan fingerprint density at radius 2 is 1.59 bits per heavy atom. The summed E-state index contributed by atoms with van der Waals surface area (Å²) < 4.78 is 24.3. The highest BCUT2D eigenvalue weighted by molar-refractivity contribution is 7.77. The van der Waals surface area contributed by atoms with Gasteiger partial charge < -0.3 is 28.8 Å². The molecule has 2 aliphatic rings. The van der Waals surface area contributed by atoms with Crippen LogP contribution < -0.4 is 14.4 Å². The van der Waals surface area contributed by atoms with Crippen LogP contribution in [-0.4, -0.2) is 100 Å². The van der Waals surface area contributed by atoms with Gasteiger partial charge in [-0.2, -0.15) is 5.10 Å². The van der Waals surface area contributed by atoms with Crippen molar-refractivity contribution in [2.45, 2.75) is 32.9 Å². The van der Waals surface area contributed by atoms with Crippen LogP contribution in [0.25, 0.3) is 32.8 Å². The zero-order valence-electron chi connectivity index (χ0n) is 32.2. The summed E-state index contributed by atoms with van der Waals surface area (Å²) in [5.41, 5.74) is 6.94. The van der Waals surface area contributed by atoms with Crippen molar-refractivity contribution in [3.8, 4) is 22.6 Å². The quantitative estimate of drug-likeness (QED) is 0.0889. The summed E-state index contributed by atoms with van der Waals surface area (Å²) in [5.74, 6) is 0.683. The molecule has 0 radical (unpaired) electrons. The number of anilines is 1. The number of aromatic nitrogens is 3. The summed E-state index contributed by atoms with van der Waals surface area (Å²) in [6.07, 6.45) is 1.21. The second-order valence-electron chi connectivity index (χ2n) is 14.6. The molecule has 0 amide bonds. The molecule has 2 saturated heterocycles. The summed E-state index contributed by atoms with van der Waals surface area (Å²) in [6, 6.07) is 28.8. The number of carbonyl (C=O) groups is 1. The summed E-state index contributed by atoms with van der Waals surface area (Å²) in [7, 11) is 1.95. The molecule has 0 unspecified atom stereocenters. The predicted octanol–water partition coefficient (Wildman–Crippen LogP) is 7.09.